The quantitative estimate of drug-likeness (QED) is 0.407. The molecule has 9 heteroatoms. The van der Waals surface area contributed by atoms with Crippen LogP contribution in [0.3, 0.4) is 0 Å². The van der Waals surface area contributed by atoms with Gasteiger partial charge in [0.15, 0.2) is 0 Å². The number of carbonyl (C=O) groups excluding carboxylic acids is 2. The Morgan fingerprint density at radius 3 is 2.44 bits per heavy atom. The smallest absolute Gasteiger partial charge is 0.248 e. The Morgan fingerprint density at radius 2 is 1.74 bits per heavy atom. The van der Waals surface area contributed by atoms with Gasteiger partial charge in [-0.05, 0) is 48.5 Å². The van der Waals surface area contributed by atoms with Gasteiger partial charge in [-0.2, -0.15) is 0 Å². The fraction of sp³-hybridized carbons (Fsp3) is 0.200. The summed E-state index contributed by atoms with van der Waals surface area (Å²) in [6, 6.07) is 14.1. The van der Waals surface area contributed by atoms with Crippen LogP contribution < -0.4 is 10.2 Å². The lowest BCUT2D eigenvalue weighted by molar-refractivity contribution is -0.129. The SMILES string of the molecule is CC(=O)N1CCN(c2c(Cl)cccc2NC(=O)C=Cc2ccc(-c3ccc(Cl)cc3Cl)o2)CC1. The van der Waals surface area contributed by atoms with E-state index in [9.17, 15) is 9.59 Å². The van der Waals surface area contributed by atoms with Gasteiger partial charge in [-0.15, -0.1) is 0 Å². The molecular formula is C25H22Cl3N3O3. The summed E-state index contributed by atoms with van der Waals surface area (Å²) in [4.78, 5) is 28.1. The Balaban J connectivity index is 1.45. The Labute approximate surface area is 212 Å². The molecule has 1 fully saturated rings. The number of amides is 2. The molecule has 1 aliphatic heterocycles. The number of halogens is 3. The predicted molar refractivity (Wildman–Crippen MR) is 138 cm³/mol. The number of piperazine rings is 1. The molecule has 3 aromatic rings. The van der Waals surface area contributed by atoms with Crippen molar-refractivity contribution in [2.75, 3.05) is 36.4 Å². The second-order valence-corrected chi connectivity index (χ2v) is 9.03. The lowest BCUT2D eigenvalue weighted by atomic mass is 10.2. The zero-order valence-corrected chi connectivity index (χ0v) is 20.6. The molecule has 0 saturated carbocycles. The van der Waals surface area contributed by atoms with E-state index in [0.29, 0.717) is 64.0 Å². The molecule has 34 heavy (non-hydrogen) atoms. The van der Waals surface area contributed by atoms with Gasteiger partial charge in [0.1, 0.15) is 11.5 Å². The maximum atomic E-state index is 12.7. The van der Waals surface area contributed by atoms with E-state index in [1.54, 1.807) is 66.4 Å². The highest BCUT2D eigenvalue weighted by Gasteiger charge is 2.23. The van der Waals surface area contributed by atoms with Gasteiger partial charge in [-0.25, -0.2) is 0 Å². The van der Waals surface area contributed by atoms with Gasteiger partial charge in [-0.1, -0.05) is 40.9 Å². The number of nitrogens with one attached hydrogen (secondary N) is 1. The summed E-state index contributed by atoms with van der Waals surface area (Å²) < 4.78 is 5.80. The number of benzene rings is 2. The number of nitrogens with zero attached hydrogens (tertiary/aromatic N) is 2. The first-order chi connectivity index (χ1) is 16.3. The second-order valence-electron chi connectivity index (χ2n) is 7.78. The van der Waals surface area contributed by atoms with Crippen LogP contribution in [0.15, 0.2) is 59.0 Å². The van der Waals surface area contributed by atoms with Crippen molar-refractivity contribution < 1.29 is 14.0 Å². The average molecular weight is 519 g/mol. The van der Waals surface area contributed by atoms with Crippen LogP contribution in [0.4, 0.5) is 11.4 Å². The molecule has 1 N–H and O–H groups in total. The van der Waals surface area contributed by atoms with Crippen LogP contribution in [0.25, 0.3) is 17.4 Å². The van der Waals surface area contributed by atoms with Crippen LogP contribution >= 0.6 is 34.8 Å². The van der Waals surface area contributed by atoms with E-state index in [-0.39, 0.29) is 11.8 Å². The molecular weight excluding hydrogens is 497 g/mol. The van der Waals surface area contributed by atoms with Crippen molar-refractivity contribution in [3.63, 3.8) is 0 Å². The zero-order valence-electron chi connectivity index (χ0n) is 18.4. The van der Waals surface area contributed by atoms with Crippen LogP contribution in [0, 0.1) is 0 Å². The molecule has 0 unspecified atom stereocenters. The number of anilines is 2. The highest BCUT2D eigenvalue weighted by atomic mass is 35.5. The first kappa shape index (κ1) is 24.2. The number of hydrogen-bond donors (Lipinski definition) is 1. The van der Waals surface area contributed by atoms with Crippen molar-refractivity contribution >= 4 is 64.1 Å². The van der Waals surface area contributed by atoms with Gasteiger partial charge in [0, 0.05) is 49.8 Å². The molecule has 1 saturated heterocycles. The second kappa shape index (κ2) is 10.6. The summed E-state index contributed by atoms with van der Waals surface area (Å²) in [6.07, 6.45) is 2.98. The van der Waals surface area contributed by atoms with Gasteiger partial charge in [-0.3, -0.25) is 9.59 Å². The first-order valence-electron chi connectivity index (χ1n) is 10.6. The summed E-state index contributed by atoms with van der Waals surface area (Å²) in [7, 11) is 0. The molecule has 0 atom stereocenters. The molecule has 2 amide bonds. The van der Waals surface area contributed by atoms with Crippen molar-refractivity contribution in [2.24, 2.45) is 0 Å². The van der Waals surface area contributed by atoms with Crippen LogP contribution in [0.1, 0.15) is 12.7 Å². The van der Waals surface area contributed by atoms with Gasteiger partial charge >= 0.3 is 0 Å². The normalized spacial score (nSPS) is 14.0. The number of hydrogen-bond acceptors (Lipinski definition) is 4. The van der Waals surface area contributed by atoms with Crippen LogP contribution in [0.2, 0.25) is 15.1 Å². The molecule has 6 nitrogen and oxygen atoms in total. The Bertz CT molecular complexity index is 1250. The van der Waals surface area contributed by atoms with E-state index in [1.807, 2.05) is 0 Å². The zero-order chi connectivity index (χ0) is 24.2. The maximum Gasteiger partial charge on any atom is 0.248 e. The van der Waals surface area contributed by atoms with Crippen LogP contribution in [-0.4, -0.2) is 42.9 Å². The predicted octanol–water partition coefficient (Wildman–Crippen LogP) is 6.23. The summed E-state index contributed by atoms with van der Waals surface area (Å²) in [5.74, 6) is 0.802. The number of carbonyl (C=O) groups is 2. The lowest BCUT2D eigenvalue weighted by Crippen LogP contribution is -2.48. The van der Waals surface area contributed by atoms with Crippen molar-refractivity contribution in [3.05, 3.63) is 75.4 Å². The van der Waals surface area contributed by atoms with Crippen molar-refractivity contribution in [3.8, 4) is 11.3 Å². The van der Waals surface area contributed by atoms with Crippen molar-refractivity contribution in [1.82, 2.24) is 4.90 Å². The average Bonchev–Trinajstić information content (AvgIpc) is 3.27. The van der Waals surface area contributed by atoms with Crippen LogP contribution in [-0.2, 0) is 9.59 Å². The van der Waals surface area contributed by atoms with Crippen LogP contribution in [0.5, 0.6) is 0 Å². The third-order valence-electron chi connectivity index (χ3n) is 5.51. The minimum atomic E-state index is -0.326. The van der Waals surface area contributed by atoms with E-state index in [0.717, 1.165) is 5.69 Å². The summed E-state index contributed by atoms with van der Waals surface area (Å²) in [5, 5.41) is 4.45. The summed E-state index contributed by atoms with van der Waals surface area (Å²) in [6.45, 7) is 4.03. The van der Waals surface area contributed by atoms with Gasteiger partial charge in [0.2, 0.25) is 11.8 Å². The summed E-state index contributed by atoms with van der Waals surface area (Å²) >= 11 is 18.7. The molecule has 176 valence electrons. The number of furan rings is 1. The summed E-state index contributed by atoms with van der Waals surface area (Å²) in [5.41, 5.74) is 2.06. The van der Waals surface area contributed by atoms with Crippen molar-refractivity contribution in [1.29, 1.82) is 0 Å². The molecule has 2 heterocycles. The van der Waals surface area contributed by atoms with E-state index < -0.39 is 0 Å². The fourth-order valence-corrected chi connectivity index (χ4v) is 4.59. The van der Waals surface area contributed by atoms with Gasteiger partial charge in [0.05, 0.1) is 21.4 Å². The number of para-hydroxylation sites is 1. The topological polar surface area (TPSA) is 65.8 Å². The van der Waals surface area contributed by atoms with Crippen molar-refractivity contribution in [2.45, 2.75) is 6.92 Å². The minimum Gasteiger partial charge on any atom is -0.457 e. The highest BCUT2D eigenvalue weighted by molar-refractivity contribution is 6.36. The highest BCUT2D eigenvalue weighted by Crippen LogP contribution is 2.35. The molecule has 0 bridgehead atoms. The number of rotatable bonds is 5. The minimum absolute atomic E-state index is 0.0527. The van der Waals surface area contributed by atoms with E-state index >= 15 is 0 Å². The van der Waals surface area contributed by atoms with E-state index in [1.165, 1.54) is 6.08 Å². The molecule has 1 aromatic heterocycles. The third-order valence-corrected chi connectivity index (χ3v) is 6.36. The molecule has 0 spiro atoms. The Hall–Kier alpha value is -2.93. The van der Waals surface area contributed by atoms with Gasteiger partial charge < -0.3 is 19.5 Å². The third kappa shape index (κ3) is 5.58. The van der Waals surface area contributed by atoms with E-state index in [4.69, 9.17) is 39.2 Å². The molecule has 0 radical (unpaired) electrons. The molecule has 4 rings (SSSR count). The first-order valence-corrected chi connectivity index (χ1v) is 11.8. The molecule has 1 aliphatic rings. The Kier molecular flexibility index (Phi) is 7.51. The Morgan fingerprint density at radius 1 is 0.971 bits per heavy atom. The monoisotopic (exact) mass is 517 g/mol. The molecule has 2 aromatic carbocycles. The molecule has 0 aliphatic carbocycles. The largest absolute Gasteiger partial charge is 0.457 e. The standard InChI is InChI=1S/C25H22Cl3N3O3/c1-16(32)30-11-13-31(14-12-30)25-20(27)3-2-4-22(25)29-24(33)10-7-18-6-9-23(34-18)19-8-5-17(26)15-21(19)28/h2-10,15H,11-14H2,1H3,(H,29,33). The lowest BCUT2D eigenvalue weighted by Gasteiger charge is -2.36. The van der Waals surface area contributed by atoms with Gasteiger partial charge in [0.25, 0.3) is 0 Å². The maximum absolute atomic E-state index is 12.7. The van der Waals surface area contributed by atoms with E-state index in [2.05, 4.69) is 10.2 Å². The fourth-order valence-electron chi connectivity index (χ4n) is 3.79.